The predicted octanol–water partition coefficient (Wildman–Crippen LogP) is 16.4. The molecule has 10 aromatic carbocycles. The van der Waals surface area contributed by atoms with Gasteiger partial charge >= 0.3 is 0 Å². The molecule has 0 aliphatic heterocycles. The number of hydrogen-bond donors (Lipinski definition) is 0. The molecule has 61 heavy (non-hydrogen) atoms. The summed E-state index contributed by atoms with van der Waals surface area (Å²) in [4.78, 5) is 2.39. The average Bonchev–Trinajstić information content (AvgIpc) is 3.67. The Morgan fingerprint density at radius 1 is 0.328 bits per heavy atom. The standard InChI is InChI=1S/C59H42N2/c1-41-39-49(48-17-11-18-52(40-48)61-58-23-9-7-20-55(58)56-21-8-10-24-59(56)61)33-38-57(41)60(51-36-31-47(32-37-51)54-22-12-16-46-15-5-6-19-53(46)54)50-34-29-45(30-35-50)44-27-25-43(26-28-44)42-13-3-2-4-14-42/h2-40H,1H3. The van der Waals surface area contributed by atoms with E-state index in [2.05, 4.69) is 253 Å². The molecule has 11 aromatic rings. The van der Waals surface area contributed by atoms with Crippen LogP contribution in [0.5, 0.6) is 0 Å². The highest BCUT2D eigenvalue weighted by molar-refractivity contribution is 6.09. The summed E-state index contributed by atoms with van der Waals surface area (Å²) in [6.45, 7) is 2.23. The molecule has 0 unspecified atom stereocenters. The number of anilines is 3. The highest BCUT2D eigenvalue weighted by Gasteiger charge is 2.18. The summed E-state index contributed by atoms with van der Waals surface area (Å²) in [7, 11) is 0. The van der Waals surface area contributed by atoms with E-state index in [-0.39, 0.29) is 0 Å². The van der Waals surface area contributed by atoms with Gasteiger partial charge in [-0.05, 0) is 128 Å². The first kappa shape index (κ1) is 36.2. The van der Waals surface area contributed by atoms with Crippen molar-refractivity contribution in [2.24, 2.45) is 0 Å². The van der Waals surface area contributed by atoms with Crippen molar-refractivity contribution in [2.75, 3.05) is 4.90 Å². The van der Waals surface area contributed by atoms with Gasteiger partial charge in [0.1, 0.15) is 0 Å². The van der Waals surface area contributed by atoms with E-state index in [1.165, 1.54) is 82.6 Å². The predicted molar refractivity (Wildman–Crippen MR) is 259 cm³/mol. The zero-order valence-corrected chi connectivity index (χ0v) is 33.9. The molecule has 0 N–H and O–H groups in total. The minimum Gasteiger partial charge on any atom is -0.310 e. The van der Waals surface area contributed by atoms with Crippen molar-refractivity contribution in [3.8, 4) is 50.2 Å². The lowest BCUT2D eigenvalue weighted by Crippen LogP contribution is -2.11. The smallest absolute Gasteiger partial charge is 0.0541 e. The van der Waals surface area contributed by atoms with Crippen LogP contribution in [0.15, 0.2) is 237 Å². The van der Waals surface area contributed by atoms with Gasteiger partial charge in [0.05, 0.1) is 11.0 Å². The van der Waals surface area contributed by atoms with E-state index in [1.54, 1.807) is 0 Å². The lowest BCUT2D eigenvalue weighted by molar-refractivity contribution is 1.18. The second kappa shape index (κ2) is 15.3. The van der Waals surface area contributed by atoms with Gasteiger partial charge in [-0.1, -0.05) is 176 Å². The van der Waals surface area contributed by atoms with Crippen LogP contribution in [0.4, 0.5) is 17.1 Å². The van der Waals surface area contributed by atoms with Crippen LogP contribution in [0.1, 0.15) is 5.56 Å². The van der Waals surface area contributed by atoms with Crippen LogP contribution in [-0.2, 0) is 0 Å². The van der Waals surface area contributed by atoms with Crippen LogP contribution in [0.2, 0.25) is 0 Å². The minimum absolute atomic E-state index is 1.10. The van der Waals surface area contributed by atoms with Crippen LogP contribution >= 0.6 is 0 Å². The van der Waals surface area contributed by atoms with Crippen molar-refractivity contribution < 1.29 is 0 Å². The molecule has 288 valence electrons. The van der Waals surface area contributed by atoms with E-state index in [0.717, 1.165) is 22.7 Å². The number of aryl methyl sites for hydroxylation is 1. The molecule has 2 heteroatoms. The molecule has 2 nitrogen and oxygen atoms in total. The largest absolute Gasteiger partial charge is 0.310 e. The first-order valence-corrected chi connectivity index (χ1v) is 21.0. The average molecular weight is 779 g/mol. The van der Waals surface area contributed by atoms with E-state index in [9.17, 15) is 0 Å². The van der Waals surface area contributed by atoms with Crippen molar-refractivity contribution in [1.82, 2.24) is 4.57 Å². The van der Waals surface area contributed by atoms with Gasteiger partial charge in [0, 0.05) is 33.5 Å². The summed E-state index contributed by atoms with van der Waals surface area (Å²) < 4.78 is 2.39. The lowest BCUT2D eigenvalue weighted by Gasteiger charge is -2.28. The topological polar surface area (TPSA) is 8.17 Å². The summed E-state index contributed by atoms with van der Waals surface area (Å²) in [5, 5.41) is 5.04. The highest BCUT2D eigenvalue weighted by atomic mass is 15.1. The Bertz CT molecular complexity index is 3280. The molecule has 0 atom stereocenters. The molecule has 0 fully saturated rings. The summed E-state index contributed by atoms with van der Waals surface area (Å²) >= 11 is 0. The first-order chi connectivity index (χ1) is 30.2. The number of hydrogen-bond acceptors (Lipinski definition) is 1. The third-order valence-corrected chi connectivity index (χ3v) is 12.1. The Hall–Kier alpha value is -7.94. The molecular weight excluding hydrogens is 737 g/mol. The molecule has 0 aliphatic rings. The van der Waals surface area contributed by atoms with Gasteiger partial charge in [-0.2, -0.15) is 0 Å². The van der Waals surface area contributed by atoms with E-state index < -0.39 is 0 Å². The third kappa shape index (κ3) is 6.65. The first-order valence-electron chi connectivity index (χ1n) is 21.0. The van der Waals surface area contributed by atoms with Gasteiger partial charge in [-0.25, -0.2) is 0 Å². The van der Waals surface area contributed by atoms with Crippen LogP contribution in [0.3, 0.4) is 0 Å². The van der Waals surface area contributed by atoms with Crippen molar-refractivity contribution in [2.45, 2.75) is 6.92 Å². The molecule has 0 saturated heterocycles. The molecule has 0 spiro atoms. The van der Waals surface area contributed by atoms with Gasteiger partial charge < -0.3 is 9.47 Å². The lowest BCUT2D eigenvalue weighted by atomic mass is 9.97. The zero-order valence-electron chi connectivity index (χ0n) is 33.9. The van der Waals surface area contributed by atoms with Crippen molar-refractivity contribution >= 4 is 49.6 Å². The molecule has 11 rings (SSSR count). The van der Waals surface area contributed by atoms with E-state index in [4.69, 9.17) is 0 Å². The fourth-order valence-electron chi connectivity index (χ4n) is 9.09. The molecule has 0 amide bonds. The molecule has 1 heterocycles. The van der Waals surface area contributed by atoms with Gasteiger partial charge in [0.25, 0.3) is 0 Å². The molecule has 0 bridgehead atoms. The van der Waals surface area contributed by atoms with Crippen LogP contribution in [0, 0.1) is 6.92 Å². The SMILES string of the molecule is Cc1cc(-c2cccc(-n3c4ccccc4c4ccccc43)c2)ccc1N(c1ccc(-c2ccc(-c3ccccc3)cc2)cc1)c1ccc(-c2cccc3ccccc23)cc1. The Morgan fingerprint density at radius 2 is 0.787 bits per heavy atom. The van der Waals surface area contributed by atoms with E-state index in [1.807, 2.05) is 0 Å². The number of benzene rings is 10. The maximum Gasteiger partial charge on any atom is 0.0541 e. The Morgan fingerprint density at radius 3 is 1.43 bits per heavy atom. The number of fused-ring (bicyclic) bond motifs is 4. The van der Waals surface area contributed by atoms with Crippen LogP contribution < -0.4 is 4.90 Å². The van der Waals surface area contributed by atoms with Crippen LogP contribution in [-0.4, -0.2) is 4.57 Å². The minimum atomic E-state index is 1.10. The highest BCUT2D eigenvalue weighted by Crippen LogP contribution is 2.41. The number of rotatable bonds is 8. The zero-order chi connectivity index (χ0) is 40.7. The van der Waals surface area contributed by atoms with Crippen molar-refractivity contribution in [3.63, 3.8) is 0 Å². The second-order valence-corrected chi connectivity index (χ2v) is 15.8. The fourth-order valence-corrected chi connectivity index (χ4v) is 9.09. The Labute approximate surface area is 356 Å². The molecular formula is C59H42N2. The Kier molecular flexibility index (Phi) is 9.09. The second-order valence-electron chi connectivity index (χ2n) is 15.8. The normalized spacial score (nSPS) is 11.4. The van der Waals surface area contributed by atoms with Gasteiger partial charge in [-0.15, -0.1) is 0 Å². The fraction of sp³-hybridized carbons (Fsp3) is 0.0169. The monoisotopic (exact) mass is 778 g/mol. The van der Waals surface area contributed by atoms with Crippen molar-refractivity contribution in [1.29, 1.82) is 0 Å². The maximum absolute atomic E-state index is 2.39. The number of aromatic nitrogens is 1. The quantitative estimate of drug-likeness (QED) is 0.149. The summed E-state index contributed by atoms with van der Waals surface area (Å²) in [6.07, 6.45) is 0. The molecule has 0 saturated carbocycles. The van der Waals surface area contributed by atoms with E-state index in [0.29, 0.717) is 0 Å². The molecule has 0 aliphatic carbocycles. The van der Waals surface area contributed by atoms with Crippen LogP contribution in [0.25, 0.3) is 82.8 Å². The third-order valence-electron chi connectivity index (χ3n) is 12.1. The van der Waals surface area contributed by atoms with Gasteiger partial charge in [0.15, 0.2) is 0 Å². The van der Waals surface area contributed by atoms with Gasteiger partial charge in [0.2, 0.25) is 0 Å². The molecule has 0 radical (unpaired) electrons. The Balaban J connectivity index is 0.971. The maximum atomic E-state index is 2.39. The van der Waals surface area contributed by atoms with Crippen molar-refractivity contribution in [3.05, 3.63) is 242 Å². The van der Waals surface area contributed by atoms with Gasteiger partial charge in [-0.3, -0.25) is 0 Å². The van der Waals surface area contributed by atoms with E-state index >= 15 is 0 Å². The summed E-state index contributed by atoms with van der Waals surface area (Å²) in [5.74, 6) is 0. The molecule has 1 aromatic heterocycles. The number of nitrogens with zero attached hydrogens (tertiary/aromatic N) is 2. The summed E-state index contributed by atoms with van der Waals surface area (Å²) in [5.41, 5.74) is 17.7. The number of para-hydroxylation sites is 2. The summed E-state index contributed by atoms with van der Waals surface area (Å²) in [6, 6.07) is 85.9.